The first-order valence-electron chi connectivity index (χ1n) is 9.76. The summed E-state index contributed by atoms with van der Waals surface area (Å²) in [5.74, 6) is -0.796. The molecule has 1 atom stereocenters. The number of carbonyl (C=O) groups is 3. The average Bonchev–Trinajstić information content (AvgIpc) is 3.25. The van der Waals surface area contributed by atoms with Gasteiger partial charge in [0, 0.05) is 19.8 Å². The van der Waals surface area contributed by atoms with Crippen LogP contribution in [0.25, 0.3) is 10.8 Å². The summed E-state index contributed by atoms with van der Waals surface area (Å²) in [5.41, 5.74) is 0.0654. The first kappa shape index (κ1) is 19.6. The SMILES string of the molecule is CCN(C(=O)CN1C(=O)NC(C)(c2ccc3ccccc3c2)C1=O)c1cnn(C)c1. The van der Waals surface area contributed by atoms with Gasteiger partial charge in [-0.1, -0.05) is 36.4 Å². The molecule has 1 aliphatic rings. The largest absolute Gasteiger partial charge is 0.325 e. The maximum atomic E-state index is 13.2. The van der Waals surface area contributed by atoms with Crippen molar-refractivity contribution in [1.82, 2.24) is 20.0 Å². The molecular weight excluding hydrogens is 382 g/mol. The summed E-state index contributed by atoms with van der Waals surface area (Å²) in [7, 11) is 1.76. The molecular formula is C22H23N5O3. The van der Waals surface area contributed by atoms with Gasteiger partial charge in [0.05, 0.1) is 11.9 Å². The van der Waals surface area contributed by atoms with Crippen molar-refractivity contribution >= 4 is 34.3 Å². The van der Waals surface area contributed by atoms with Crippen LogP contribution < -0.4 is 10.2 Å². The zero-order chi connectivity index (χ0) is 21.5. The van der Waals surface area contributed by atoms with Crippen molar-refractivity contribution in [3.8, 4) is 0 Å². The predicted octanol–water partition coefficient (Wildman–Crippen LogP) is 2.39. The van der Waals surface area contributed by atoms with Gasteiger partial charge in [0.25, 0.3) is 5.91 Å². The molecule has 2 aromatic carbocycles. The van der Waals surface area contributed by atoms with Crippen molar-refractivity contribution in [3.63, 3.8) is 0 Å². The van der Waals surface area contributed by atoms with Crippen LogP contribution in [-0.2, 0) is 22.2 Å². The van der Waals surface area contributed by atoms with Crippen molar-refractivity contribution in [2.75, 3.05) is 18.0 Å². The molecule has 0 aliphatic carbocycles. The molecule has 1 fully saturated rings. The Labute approximate surface area is 174 Å². The van der Waals surface area contributed by atoms with E-state index < -0.39 is 17.5 Å². The first-order valence-corrected chi connectivity index (χ1v) is 9.76. The number of hydrogen-bond acceptors (Lipinski definition) is 4. The van der Waals surface area contributed by atoms with E-state index in [0.717, 1.165) is 15.7 Å². The third-order valence-corrected chi connectivity index (χ3v) is 5.52. The number of nitrogens with one attached hydrogen (secondary N) is 1. The lowest BCUT2D eigenvalue weighted by atomic mass is 9.90. The average molecular weight is 405 g/mol. The normalized spacial score (nSPS) is 18.7. The molecule has 154 valence electrons. The van der Waals surface area contributed by atoms with E-state index in [1.807, 2.05) is 49.4 Å². The number of aromatic nitrogens is 2. The van der Waals surface area contributed by atoms with Crippen LogP contribution >= 0.6 is 0 Å². The second-order valence-corrected chi connectivity index (χ2v) is 7.52. The molecule has 30 heavy (non-hydrogen) atoms. The van der Waals surface area contributed by atoms with Gasteiger partial charge in [-0.15, -0.1) is 0 Å². The molecule has 3 aromatic rings. The Morgan fingerprint density at radius 2 is 1.90 bits per heavy atom. The van der Waals surface area contributed by atoms with Crippen LogP contribution in [0.4, 0.5) is 10.5 Å². The van der Waals surface area contributed by atoms with Crippen LogP contribution in [0.2, 0.25) is 0 Å². The molecule has 1 N–H and O–H groups in total. The Bertz CT molecular complexity index is 1150. The highest BCUT2D eigenvalue weighted by Gasteiger charge is 2.49. The lowest BCUT2D eigenvalue weighted by Crippen LogP contribution is -2.44. The van der Waals surface area contributed by atoms with E-state index in [1.54, 1.807) is 31.0 Å². The number of likely N-dealkylation sites (N-methyl/N-ethyl adjacent to an activating group) is 1. The van der Waals surface area contributed by atoms with Crippen molar-refractivity contribution in [2.24, 2.45) is 7.05 Å². The summed E-state index contributed by atoms with van der Waals surface area (Å²) in [4.78, 5) is 41.2. The van der Waals surface area contributed by atoms with Crippen LogP contribution in [0, 0.1) is 0 Å². The van der Waals surface area contributed by atoms with Gasteiger partial charge in [-0.25, -0.2) is 4.79 Å². The molecule has 0 spiro atoms. The first-order chi connectivity index (χ1) is 14.3. The molecule has 1 unspecified atom stereocenters. The quantitative estimate of drug-likeness (QED) is 0.661. The van der Waals surface area contributed by atoms with Crippen molar-refractivity contribution in [1.29, 1.82) is 0 Å². The number of nitrogens with zero attached hydrogens (tertiary/aromatic N) is 4. The van der Waals surface area contributed by atoms with E-state index in [-0.39, 0.29) is 12.5 Å². The van der Waals surface area contributed by atoms with Crippen LogP contribution in [0.1, 0.15) is 19.4 Å². The summed E-state index contributed by atoms with van der Waals surface area (Å²) >= 11 is 0. The summed E-state index contributed by atoms with van der Waals surface area (Å²) in [6, 6.07) is 12.9. The van der Waals surface area contributed by atoms with E-state index in [0.29, 0.717) is 17.8 Å². The van der Waals surface area contributed by atoms with Gasteiger partial charge in [0.1, 0.15) is 12.1 Å². The smallest absolute Gasteiger partial charge is 0.319 e. The van der Waals surface area contributed by atoms with Gasteiger partial charge < -0.3 is 10.2 Å². The number of amides is 4. The summed E-state index contributed by atoms with van der Waals surface area (Å²) < 4.78 is 1.59. The molecule has 8 nitrogen and oxygen atoms in total. The molecule has 0 bridgehead atoms. The Balaban J connectivity index is 1.59. The van der Waals surface area contributed by atoms with Crippen LogP contribution in [-0.4, -0.2) is 45.6 Å². The van der Waals surface area contributed by atoms with Gasteiger partial charge in [0.15, 0.2) is 0 Å². The van der Waals surface area contributed by atoms with E-state index >= 15 is 0 Å². The number of anilines is 1. The summed E-state index contributed by atoms with van der Waals surface area (Å²) in [6.07, 6.45) is 3.29. The second-order valence-electron chi connectivity index (χ2n) is 7.52. The Morgan fingerprint density at radius 1 is 1.17 bits per heavy atom. The minimum atomic E-state index is -1.23. The highest BCUT2D eigenvalue weighted by molar-refractivity contribution is 6.10. The van der Waals surface area contributed by atoms with Gasteiger partial charge >= 0.3 is 6.03 Å². The molecule has 0 radical (unpaired) electrons. The summed E-state index contributed by atoms with van der Waals surface area (Å²) in [6.45, 7) is 3.56. The number of carbonyl (C=O) groups excluding carboxylic acids is 3. The predicted molar refractivity (Wildman–Crippen MR) is 113 cm³/mol. The molecule has 2 heterocycles. The third-order valence-electron chi connectivity index (χ3n) is 5.52. The zero-order valence-electron chi connectivity index (χ0n) is 17.1. The number of urea groups is 1. The minimum Gasteiger partial charge on any atom is -0.319 e. The number of aryl methyl sites for hydroxylation is 1. The van der Waals surface area contributed by atoms with Crippen LogP contribution in [0.3, 0.4) is 0 Å². The van der Waals surface area contributed by atoms with Crippen LogP contribution in [0.15, 0.2) is 54.9 Å². The number of hydrogen-bond donors (Lipinski definition) is 1. The maximum absolute atomic E-state index is 13.2. The fraction of sp³-hybridized carbons (Fsp3) is 0.273. The topological polar surface area (TPSA) is 87.5 Å². The maximum Gasteiger partial charge on any atom is 0.325 e. The van der Waals surface area contributed by atoms with Crippen molar-refractivity contribution in [2.45, 2.75) is 19.4 Å². The zero-order valence-corrected chi connectivity index (χ0v) is 17.1. The monoisotopic (exact) mass is 405 g/mol. The Kier molecular flexibility index (Phi) is 4.77. The molecule has 8 heteroatoms. The van der Waals surface area contributed by atoms with E-state index in [1.165, 1.54) is 4.90 Å². The molecule has 4 amide bonds. The number of imide groups is 1. The lowest BCUT2D eigenvalue weighted by Gasteiger charge is -2.24. The molecule has 4 rings (SSSR count). The molecule has 1 saturated heterocycles. The third kappa shape index (κ3) is 3.20. The minimum absolute atomic E-state index is 0.337. The lowest BCUT2D eigenvalue weighted by molar-refractivity contribution is -0.134. The number of benzene rings is 2. The Morgan fingerprint density at radius 3 is 2.57 bits per heavy atom. The highest BCUT2D eigenvalue weighted by Crippen LogP contribution is 2.31. The fourth-order valence-electron chi connectivity index (χ4n) is 3.81. The van der Waals surface area contributed by atoms with Gasteiger partial charge in [0.2, 0.25) is 5.91 Å². The number of rotatable bonds is 5. The standard InChI is InChI=1S/C22H23N5O3/c1-4-26(18-12-23-25(3)13-18)19(28)14-27-20(29)22(2,24-21(27)30)17-10-9-15-7-5-6-8-16(15)11-17/h5-13H,4,14H2,1-3H3,(H,24,30). The van der Waals surface area contributed by atoms with E-state index in [4.69, 9.17) is 0 Å². The van der Waals surface area contributed by atoms with Gasteiger partial charge in [-0.05, 0) is 36.2 Å². The molecule has 1 aromatic heterocycles. The van der Waals surface area contributed by atoms with E-state index in [9.17, 15) is 14.4 Å². The van der Waals surface area contributed by atoms with Crippen molar-refractivity contribution < 1.29 is 14.4 Å². The highest BCUT2D eigenvalue weighted by atomic mass is 16.2. The summed E-state index contributed by atoms with van der Waals surface area (Å²) in [5, 5.41) is 8.87. The Hall–Kier alpha value is -3.68. The number of fused-ring (bicyclic) bond motifs is 1. The van der Waals surface area contributed by atoms with Gasteiger partial charge in [-0.2, -0.15) is 5.10 Å². The van der Waals surface area contributed by atoms with Crippen LogP contribution in [0.5, 0.6) is 0 Å². The molecule has 1 aliphatic heterocycles. The molecule has 0 saturated carbocycles. The van der Waals surface area contributed by atoms with E-state index in [2.05, 4.69) is 10.4 Å². The van der Waals surface area contributed by atoms with Gasteiger partial charge in [-0.3, -0.25) is 19.2 Å². The van der Waals surface area contributed by atoms with Crippen molar-refractivity contribution in [3.05, 3.63) is 60.4 Å². The second kappa shape index (κ2) is 7.29. The fourth-order valence-corrected chi connectivity index (χ4v) is 3.81.